The maximum absolute atomic E-state index is 13.7. The van der Waals surface area contributed by atoms with Crippen LogP contribution in [-0.4, -0.2) is 84.1 Å². The number of fused-ring (bicyclic) bond motifs is 5. The molecule has 3 heterocycles. The van der Waals surface area contributed by atoms with Gasteiger partial charge in [-0.15, -0.1) is 0 Å². The summed E-state index contributed by atoms with van der Waals surface area (Å²) >= 11 is 0. The molecule has 3 aromatic rings. The van der Waals surface area contributed by atoms with Gasteiger partial charge < -0.3 is 24.6 Å². The molecule has 6 rings (SSSR count). The topological polar surface area (TPSA) is 130 Å². The molecular weight excluding hydrogens is 596 g/mol. The first-order chi connectivity index (χ1) is 23.0. The number of aromatic amines is 1. The summed E-state index contributed by atoms with van der Waals surface area (Å²) in [4.78, 5) is 43.4. The van der Waals surface area contributed by atoms with E-state index in [0.29, 0.717) is 51.6 Å². The van der Waals surface area contributed by atoms with Crippen LogP contribution in [0.4, 0.5) is 5.69 Å². The lowest BCUT2D eigenvalue weighted by Crippen LogP contribution is -2.46. The largest absolute Gasteiger partial charge is 0.379 e. The fraction of sp³-hybridized carbons (Fsp3) is 0.528. The number of nitrogens with zero attached hydrogens (tertiary/aromatic N) is 4. The van der Waals surface area contributed by atoms with Crippen molar-refractivity contribution in [3.8, 4) is 22.5 Å². The lowest BCUT2D eigenvalue weighted by atomic mass is 9.65. The molecule has 1 aromatic heterocycles. The van der Waals surface area contributed by atoms with Crippen LogP contribution >= 0.6 is 0 Å². The highest BCUT2D eigenvalue weighted by Crippen LogP contribution is 2.46. The second-order valence-corrected chi connectivity index (χ2v) is 12.9. The molecule has 2 aliphatic heterocycles. The number of ether oxygens (including phenoxy) is 2. The van der Waals surface area contributed by atoms with Crippen LogP contribution < -0.4 is 10.2 Å². The molecule has 0 bridgehead atoms. The Morgan fingerprint density at radius 3 is 2.30 bits per heavy atom. The number of carbonyl (C=O) groups excluding carboxylic acids is 3. The van der Waals surface area contributed by atoms with Gasteiger partial charge in [-0.05, 0) is 62.5 Å². The first kappa shape index (κ1) is 32.8. The zero-order valence-electron chi connectivity index (χ0n) is 27.3. The molecule has 1 aliphatic carbocycles. The predicted molar refractivity (Wildman–Crippen MR) is 178 cm³/mol. The second-order valence-electron chi connectivity index (χ2n) is 12.9. The van der Waals surface area contributed by atoms with Crippen LogP contribution in [0.15, 0.2) is 48.5 Å². The van der Waals surface area contributed by atoms with Crippen molar-refractivity contribution in [1.82, 2.24) is 25.6 Å². The summed E-state index contributed by atoms with van der Waals surface area (Å²) in [5.74, 6) is 0.102. The minimum absolute atomic E-state index is 0.0373. The third kappa shape index (κ3) is 7.57. The van der Waals surface area contributed by atoms with Crippen molar-refractivity contribution in [1.29, 1.82) is 0 Å². The Labute approximate surface area is 276 Å². The lowest BCUT2D eigenvalue weighted by Gasteiger charge is -2.45. The van der Waals surface area contributed by atoms with Crippen LogP contribution in [0, 0.1) is 11.3 Å². The van der Waals surface area contributed by atoms with Crippen LogP contribution in [-0.2, 0) is 30.4 Å². The third-order valence-electron chi connectivity index (χ3n) is 10.2. The van der Waals surface area contributed by atoms with Gasteiger partial charge in [0, 0.05) is 49.7 Å². The Kier molecular flexibility index (Phi) is 10.6. The third-order valence-corrected chi connectivity index (χ3v) is 10.2. The first-order valence-electron chi connectivity index (χ1n) is 17.1. The minimum atomic E-state index is -0.0551. The molecule has 1 spiro atoms. The van der Waals surface area contributed by atoms with Gasteiger partial charge in [0.05, 0.1) is 38.5 Å². The fourth-order valence-electron chi connectivity index (χ4n) is 7.36. The summed E-state index contributed by atoms with van der Waals surface area (Å²) in [6, 6.07) is 15.7. The van der Waals surface area contributed by atoms with Crippen LogP contribution in [0.2, 0.25) is 0 Å². The molecule has 1 saturated heterocycles. The number of hydrogen-bond donors (Lipinski definition) is 2. The van der Waals surface area contributed by atoms with Gasteiger partial charge in [-0.3, -0.25) is 14.4 Å². The van der Waals surface area contributed by atoms with E-state index in [4.69, 9.17) is 9.47 Å². The molecule has 3 amide bonds. The number of piperidine rings is 1. The van der Waals surface area contributed by atoms with Crippen molar-refractivity contribution in [2.75, 3.05) is 51.0 Å². The van der Waals surface area contributed by atoms with E-state index in [0.717, 1.165) is 79.7 Å². The standard InChI is InChI=1S/C36H46N6O5/c1-2-46-23-24-47-22-14-31(43)41-20-17-36(18-21-41)15-11-26(12-16-36)35(45)37-19-13-32(44)42-25-27-7-3-4-8-28(27)33-34(39-40-38-33)29-9-5-6-10-30(29)42/h3-10,26H,2,11-25H2,1H3,(H,37,45)(H,38,39,40). The van der Waals surface area contributed by atoms with Gasteiger partial charge in [-0.2, -0.15) is 15.4 Å². The smallest absolute Gasteiger partial charge is 0.229 e. The highest BCUT2D eigenvalue weighted by molar-refractivity contribution is 6.00. The zero-order valence-corrected chi connectivity index (χ0v) is 27.3. The molecular formula is C36H46N6O5. The number of likely N-dealkylation sites (tertiary alicyclic amines) is 1. The molecule has 0 radical (unpaired) electrons. The summed E-state index contributed by atoms with van der Waals surface area (Å²) in [5.41, 5.74) is 5.27. The van der Waals surface area contributed by atoms with Crippen LogP contribution in [0.25, 0.3) is 22.5 Å². The van der Waals surface area contributed by atoms with Gasteiger partial charge in [0.2, 0.25) is 17.7 Å². The molecule has 2 N–H and O–H groups in total. The van der Waals surface area contributed by atoms with Crippen molar-refractivity contribution in [2.24, 2.45) is 11.3 Å². The van der Waals surface area contributed by atoms with Crippen LogP contribution in [0.3, 0.4) is 0 Å². The van der Waals surface area contributed by atoms with Gasteiger partial charge in [0.1, 0.15) is 11.4 Å². The summed E-state index contributed by atoms with van der Waals surface area (Å²) in [6.07, 6.45) is 6.28. The summed E-state index contributed by atoms with van der Waals surface area (Å²) in [7, 11) is 0. The van der Waals surface area contributed by atoms with E-state index < -0.39 is 0 Å². The average Bonchev–Trinajstić information content (AvgIpc) is 3.58. The van der Waals surface area contributed by atoms with Gasteiger partial charge in [0.15, 0.2) is 0 Å². The lowest BCUT2D eigenvalue weighted by molar-refractivity contribution is -0.135. The molecule has 0 unspecified atom stereocenters. The molecule has 1 saturated carbocycles. The number of rotatable bonds is 11. The number of para-hydroxylation sites is 1. The molecule has 2 fully saturated rings. The number of hydrogen-bond acceptors (Lipinski definition) is 7. The molecule has 47 heavy (non-hydrogen) atoms. The molecule has 2 aromatic carbocycles. The fourth-order valence-corrected chi connectivity index (χ4v) is 7.36. The number of carbonyl (C=O) groups is 3. The second kappa shape index (κ2) is 15.2. The Morgan fingerprint density at radius 2 is 1.53 bits per heavy atom. The minimum Gasteiger partial charge on any atom is -0.379 e. The average molecular weight is 643 g/mol. The van der Waals surface area contributed by atoms with E-state index in [9.17, 15) is 14.4 Å². The summed E-state index contributed by atoms with van der Waals surface area (Å²) in [6.45, 7) is 6.37. The van der Waals surface area contributed by atoms with E-state index in [2.05, 4.69) is 20.7 Å². The first-order valence-corrected chi connectivity index (χ1v) is 17.1. The van der Waals surface area contributed by atoms with Crippen molar-refractivity contribution < 1.29 is 23.9 Å². The number of H-pyrrole nitrogens is 1. The van der Waals surface area contributed by atoms with Gasteiger partial charge in [-0.25, -0.2) is 0 Å². The van der Waals surface area contributed by atoms with Crippen molar-refractivity contribution in [3.63, 3.8) is 0 Å². The van der Waals surface area contributed by atoms with E-state index in [1.165, 1.54) is 0 Å². The predicted octanol–water partition coefficient (Wildman–Crippen LogP) is 4.73. The number of anilines is 1. The number of aromatic nitrogens is 3. The Bertz CT molecular complexity index is 1540. The van der Waals surface area contributed by atoms with Crippen molar-refractivity contribution in [2.45, 2.75) is 64.8 Å². The monoisotopic (exact) mass is 642 g/mol. The Hall–Kier alpha value is -4.09. The Balaban J connectivity index is 0.971. The van der Waals surface area contributed by atoms with Crippen molar-refractivity contribution >= 4 is 23.4 Å². The summed E-state index contributed by atoms with van der Waals surface area (Å²) in [5, 5.41) is 14.7. The molecule has 11 nitrogen and oxygen atoms in total. The number of amides is 3. The highest BCUT2D eigenvalue weighted by atomic mass is 16.5. The normalized spacial score (nSPS) is 17.3. The summed E-state index contributed by atoms with van der Waals surface area (Å²) < 4.78 is 10.8. The SMILES string of the molecule is CCOCCOCCC(=O)N1CCC2(CCC(C(=O)NCCC(=O)N3Cc4ccccc4-c4n[nH]nc4-c4ccccc43)CC2)CC1. The number of benzene rings is 2. The van der Waals surface area contributed by atoms with Gasteiger partial charge in [-0.1, -0.05) is 42.5 Å². The quantitative estimate of drug-likeness (QED) is 0.289. The maximum Gasteiger partial charge on any atom is 0.229 e. The molecule has 11 heteroatoms. The van der Waals surface area contributed by atoms with E-state index in [-0.39, 0.29) is 35.5 Å². The molecule has 250 valence electrons. The van der Waals surface area contributed by atoms with Gasteiger partial charge >= 0.3 is 0 Å². The van der Waals surface area contributed by atoms with Gasteiger partial charge in [0.25, 0.3) is 0 Å². The van der Waals surface area contributed by atoms with Crippen molar-refractivity contribution in [3.05, 3.63) is 54.1 Å². The van der Waals surface area contributed by atoms with E-state index in [1.807, 2.05) is 60.4 Å². The zero-order chi connectivity index (χ0) is 32.6. The van der Waals surface area contributed by atoms with E-state index in [1.54, 1.807) is 4.90 Å². The number of nitrogens with one attached hydrogen (secondary N) is 2. The van der Waals surface area contributed by atoms with Crippen LogP contribution in [0.5, 0.6) is 0 Å². The Morgan fingerprint density at radius 1 is 0.851 bits per heavy atom. The van der Waals surface area contributed by atoms with E-state index >= 15 is 0 Å². The maximum atomic E-state index is 13.7. The van der Waals surface area contributed by atoms with Crippen LogP contribution in [0.1, 0.15) is 63.9 Å². The molecule has 3 aliphatic rings. The highest BCUT2D eigenvalue weighted by Gasteiger charge is 2.40. The molecule has 0 atom stereocenters.